The van der Waals surface area contributed by atoms with Crippen LogP contribution in [0.25, 0.3) is 21.9 Å². The van der Waals surface area contributed by atoms with Crippen molar-refractivity contribution in [3.63, 3.8) is 0 Å². The Bertz CT molecular complexity index is 1740. The highest BCUT2D eigenvalue weighted by atomic mass is 16.5. The standard InChI is InChI=1S/C38H36O4/c1-4-5-20-38(39)31-19-13-12-18-27(31)34-28-21-32(40-2)33(41-3)22-29(28)36-30(35(34)38)23-37(24-42-36,25-14-8-6-9-15-25)26-16-10-7-11-17-26/h6-19,21-22,39H,4-5,20,23-24H2,1-3H3. The normalized spacial score (nSPS) is 18.1. The minimum atomic E-state index is -1.13. The molecule has 0 spiro atoms. The Labute approximate surface area is 247 Å². The van der Waals surface area contributed by atoms with E-state index in [2.05, 4.69) is 91.9 Å². The van der Waals surface area contributed by atoms with Crippen molar-refractivity contribution < 1.29 is 19.3 Å². The van der Waals surface area contributed by atoms with Crippen molar-refractivity contribution in [3.05, 3.63) is 125 Å². The maximum Gasteiger partial charge on any atom is 0.161 e. The molecule has 42 heavy (non-hydrogen) atoms. The average molecular weight is 557 g/mol. The number of unbranched alkanes of at least 4 members (excludes halogenated alkanes) is 1. The molecule has 212 valence electrons. The second-order valence-corrected chi connectivity index (χ2v) is 11.6. The summed E-state index contributed by atoms with van der Waals surface area (Å²) >= 11 is 0. The average Bonchev–Trinajstić information content (AvgIpc) is 3.32. The van der Waals surface area contributed by atoms with Gasteiger partial charge in [-0.3, -0.25) is 0 Å². The molecule has 0 fully saturated rings. The predicted octanol–water partition coefficient (Wildman–Crippen LogP) is 8.18. The molecule has 0 radical (unpaired) electrons. The number of methoxy groups -OCH3 is 2. The van der Waals surface area contributed by atoms with E-state index in [9.17, 15) is 5.11 Å². The fraction of sp³-hybridized carbons (Fsp3) is 0.263. The van der Waals surface area contributed by atoms with Gasteiger partial charge >= 0.3 is 0 Å². The van der Waals surface area contributed by atoms with E-state index in [0.29, 0.717) is 30.9 Å². The number of fused-ring (bicyclic) bond motifs is 8. The van der Waals surface area contributed by atoms with Crippen LogP contribution >= 0.6 is 0 Å². The molecule has 4 nitrogen and oxygen atoms in total. The summed E-state index contributed by atoms with van der Waals surface area (Å²) in [6.45, 7) is 2.66. The van der Waals surface area contributed by atoms with Crippen molar-refractivity contribution in [3.8, 4) is 28.4 Å². The quantitative estimate of drug-likeness (QED) is 0.220. The Morgan fingerprint density at radius 2 is 1.38 bits per heavy atom. The lowest BCUT2D eigenvalue weighted by Crippen LogP contribution is -2.41. The molecule has 5 aromatic rings. The second-order valence-electron chi connectivity index (χ2n) is 11.6. The highest BCUT2D eigenvalue weighted by Gasteiger charge is 2.49. The minimum absolute atomic E-state index is 0.423. The van der Waals surface area contributed by atoms with Crippen molar-refractivity contribution in [1.29, 1.82) is 0 Å². The first-order valence-electron chi connectivity index (χ1n) is 14.9. The van der Waals surface area contributed by atoms with Crippen LogP contribution in [0.15, 0.2) is 97.1 Å². The van der Waals surface area contributed by atoms with Crippen LogP contribution in [0, 0.1) is 0 Å². The summed E-state index contributed by atoms with van der Waals surface area (Å²) in [5.74, 6) is 2.15. The van der Waals surface area contributed by atoms with Gasteiger partial charge in [0.25, 0.3) is 0 Å². The van der Waals surface area contributed by atoms with Crippen LogP contribution in [-0.4, -0.2) is 25.9 Å². The Kier molecular flexibility index (Phi) is 6.47. The summed E-state index contributed by atoms with van der Waals surface area (Å²) in [5, 5.41) is 14.9. The van der Waals surface area contributed by atoms with Crippen LogP contribution in [0.5, 0.6) is 17.2 Å². The first kappa shape index (κ1) is 26.6. The molecule has 2 aliphatic rings. The SMILES string of the molecule is CCCCC1(O)c2ccccc2-c2c1c1c(c3cc(OC)c(OC)cc23)OCC(c2ccccc2)(c2ccccc2)C1. The number of rotatable bonds is 7. The molecular weight excluding hydrogens is 520 g/mol. The number of hydrogen-bond acceptors (Lipinski definition) is 4. The zero-order chi connectivity index (χ0) is 28.9. The lowest BCUT2D eigenvalue weighted by atomic mass is 9.67. The highest BCUT2D eigenvalue weighted by Crippen LogP contribution is 2.59. The fourth-order valence-electron chi connectivity index (χ4n) is 7.39. The van der Waals surface area contributed by atoms with Crippen LogP contribution in [0.2, 0.25) is 0 Å². The summed E-state index contributed by atoms with van der Waals surface area (Å²) in [4.78, 5) is 0. The van der Waals surface area contributed by atoms with Crippen molar-refractivity contribution in [2.75, 3.05) is 20.8 Å². The van der Waals surface area contributed by atoms with Crippen LogP contribution in [-0.2, 0) is 17.4 Å². The molecule has 1 heterocycles. The smallest absolute Gasteiger partial charge is 0.161 e. The monoisotopic (exact) mass is 556 g/mol. The van der Waals surface area contributed by atoms with Gasteiger partial charge in [0.2, 0.25) is 0 Å². The van der Waals surface area contributed by atoms with Crippen LogP contribution < -0.4 is 14.2 Å². The van der Waals surface area contributed by atoms with E-state index in [1.54, 1.807) is 14.2 Å². The molecular formula is C38H36O4. The molecule has 0 bridgehead atoms. The van der Waals surface area contributed by atoms with Gasteiger partial charge in [-0.25, -0.2) is 0 Å². The molecule has 4 heteroatoms. The number of aliphatic hydroxyl groups is 1. The van der Waals surface area contributed by atoms with Crippen LogP contribution in [0.3, 0.4) is 0 Å². The van der Waals surface area contributed by atoms with Crippen molar-refractivity contribution in [2.45, 2.75) is 43.6 Å². The van der Waals surface area contributed by atoms with Crippen molar-refractivity contribution >= 4 is 10.8 Å². The van der Waals surface area contributed by atoms with Gasteiger partial charge in [0, 0.05) is 16.5 Å². The van der Waals surface area contributed by atoms with Gasteiger partial charge in [-0.2, -0.15) is 0 Å². The Hall–Kier alpha value is -4.28. The molecule has 1 aliphatic heterocycles. The van der Waals surface area contributed by atoms with E-state index >= 15 is 0 Å². The zero-order valence-electron chi connectivity index (χ0n) is 24.4. The Morgan fingerprint density at radius 3 is 2.00 bits per heavy atom. The topological polar surface area (TPSA) is 47.9 Å². The number of benzene rings is 5. The van der Waals surface area contributed by atoms with E-state index in [1.807, 2.05) is 12.1 Å². The van der Waals surface area contributed by atoms with Gasteiger partial charge in [-0.1, -0.05) is 105 Å². The van der Waals surface area contributed by atoms with Gasteiger partial charge < -0.3 is 19.3 Å². The summed E-state index contributed by atoms with van der Waals surface area (Å²) in [5.41, 5.74) is 6.00. The molecule has 1 atom stereocenters. The van der Waals surface area contributed by atoms with Gasteiger partial charge in [0.05, 0.1) is 19.6 Å². The predicted molar refractivity (Wildman–Crippen MR) is 168 cm³/mol. The van der Waals surface area contributed by atoms with Crippen molar-refractivity contribution in [2.24, 2.45) is 0 Å². The first-order valence-corrected chi connectivity index (χ1v) is 14.9. The summed E-state index contributed by atoms with van der Waals surface area (Å²) in [7, 11) is 3.33. The minimum Gasteiger partial charge on any atom is -0.493 e. The van der Waals surface area contributed by atoms with Crippen molar-refractivity contribution in [1.82, 2.24) is 0 Å². The summed E-state index contributed by atoms with van der Waals surface area (Å²) in [6.07, 6.45) is 3.25. The van der Waals surface area contributed by atoms with E-state index in [4.69, 9.17) is 14.2 Å². The lowest BCUT2D eigenvalue weighted by molar-refractivity contribution is 0.0707. The molecule has 0 saturated heterocycles. The maximum absolute atomic E-state index is 12.9. The molecule has 1 N–H and O–H groups in total. The van der Waals surface area contributed by atoms with E-state index in [1.165, 1.54) is 11.1 Å². The third kappa shape index (κ3) is 3.78. The summed E-state index contributed by atoms with van der Waals surface area (Å²) in [6, 6.07) is 33.8. The molecule has 7 rings (SSSR count). The van der Waals surface area contributed by atoms with E-state index in [0.717, 1.165) is 57.2 Å². The third-order valence-electron chi connectivity index (χ3n) is 9.41. The van der Waals surface area contributed by atoms with E-state index in [-0.39, 0.29) is 0 Å². The molecule has 5 aromatic carbocycles. The molecule has 0 aromatic heterocycles. The van der Waals surface area contributed by atoms with Crippen LogP contribution in [0.1, 0.15) is 54.0 Å². The van der Waals surface area contributed by atoms with E-state index < -0.39 is 11.0 Å². The first-order chi connectivity index (χ1) is 20.6. The maximum atomic E-state index is 12.9. The summed E-state index contributed by atoms with van der Waals surface area (Å²) < 4.78 is 18.5. The van der Waals surface area contributed by atoms with Gasteiger partial charge in [0.15, 0.2) is 11.5 Å². The lowest BCUT2D eigenvalue weighted by Gasteiger charge is -2.42. The number of hydrogen-bond donors (Lipinski definition) is 1. The highest BCUT2D eigenvalue weighted by molar-refractivity contribution is 6.07. The second kappa shape index (κ2) is 10.2. The van der Waals surface area contributed by atoms with Gasteiger partial charge in [0.1, 0.15) is 18.0 Å². The molecule has 0 saturated carbocycles. The van der Waals surface area contributed by atoms with Crippen LogP contribution in [0.4, 0.5) is 0 Å². The fourth-order valence-corrected chi connectivity index (χ4v) is 7.39. The van der Waals surface area contributed by atoms with Gasteiger partial charge in [-0.15, -0.1) is 0 Å². The van der Waals surface area contributed by atoms with Gasteiger partial charge in [-0.05, 0) is 58.2 Å². The Balaban J connectivity index is 1.60. The molecule has 1 aliphatic carbocycles. The third-order valence-corrected chi connectivity index (χ3v) is 9.41. The molecule has 1 unspecified atom stereocenters. The largest absolute Gasteiger partial charge is 0.493 e. The zero-order valence-corrected chi connectivity index (χ0v) is 24.4. The molecule has 0 amide bonds. The Morgan fingerprint density at radius 1 is 0.786 bits per heavy atom. The number of ether oxygens (including phenoxy) is 3.